The summed E-state index contributed by atoms with van der Waals surface area (Å²) < 4.78 is 11.5. The van der Waals surface area contributed by atoms with Gasteiger partial charge in [-0.25, -0.2) is 4.98 Å². The number of nitrogens with zero attached hydrogens (tertiary/aromatic N) is 3. The van der Waals surface area contributed by atoms with Crippen LogP contribution in [-0.2, 0) is 9.53 Å². The first-order valence-electron chi connectivity index (χ1n) is 8.68. The summed E-state index contributed by atoms with van der Waals surface area (Å²) in [6.45, 7) is 6.04. The molecular weight excluding hydrogens is 320 g/mol. The molecule has 2 aromatic rings. The lowest BCUT2D eigenvalue weighted by molar-refractivity contribution is -0.141. The second kappa shape index (κ2) is 6.48. The minimum Gasteiger partial charge on any atom is -0.492 e. The summed E-state index contributed by atoms with van der Waals surface area (Å²) in [5, 5.41) is 7.18. The first-order valence-corrected chi connectivity index (χ1v) is 8.68. The normalized spacial score (nSPS) is 22.8. The molecule has 1 saturated heterocycles. The lowest BCUT2D eigenvalue weighted by atomic mass is 9.99. The minimum absolute atomic E-state index is 0.0850. The van der Waals surface area contributed by atoms with Gasteiger partial charge in [-0.1, -0.05) is 32.0 Å². The highest BCUT2D eigenvalue weighted by molar-refractivity contribution is 5.85. The van der Waals surface area contributed by atoms with Crippen LogP contribution in [0.1, 0.15) is 49.0 Å². The molecule has 2 atom stereocenters. The van der Waals surface area contributed by atoms with E-state index >= 15 is 0 Å². The van der Waals surface area contributed by atoms with Crippen LogP contribution in [0, 0.1) is 0 Å². The standard InChI is InChI=1S/C18H22N4O3/c1-11(2)16-19-17(21-20-16)15-9-22(7-8-24-15)18(23)13-10-25-14-6-4-3-5-12(13)14/h3-6,11,13,15H,7-10H2,1-2H3,(H,19,20,21). The van der Waals surface area contributed by atoms with Crippen LogP contribution in [0.15, 0.2) is 24.3 Å². The van der Waals surface area contributed by atoms with Crippen molar-refractivity contribution in [3.8, 4) is 5.75 Å². The van der Waals surface area contributed by atoms with Crippen molar-refractivity contribution in [1.29, 1.82) is 0 Å². The number of amides is 1. The molecule has 0 spiro atoms. The number of nitrogens with one attached hydrogen (secondary N) is 1. The largest absolute Gasteiger partial charge is 0.492 e. The third-order valence-electron chi connectivity index (χ3n) is 4.72. The predicted octanol–water partition coefficient (Wildman–Crippen LogP) is 2.00. The molecule has 2 unspecified atom stereocenters. The van der Waals surface area contributed by atoms with E-state index in [0.29, 0.717) is 32.1 Å². The Bertz CT molecular complexity index is 773. The fourth-order valence-electron chi connectivity index (χ4n) is 3.29. The van der Waals surface area contributed by atoms with E-state index in [0.717, 1.165) is 17.1 Å². The highest BCUT2D eigenvalue weighted by Crippen LogP contribution is 2.35. The number of aromatic amines is 1. The molecule has 2 aliphatic heterocycles. The number of ether oxygens (including phenoxy) is 2. The van der Waals surface area contributed by atoms with Gasteiger partial charge in [0.2, 0.25) is 5.91 Å². The van der Waals surface area contributed by atoms with Crippen LogP contribution in [0.25, 0.3) is 0 Å². The molecule has 1 amide bonds. The van der Waals surface area contributed by atoms with E-state index in [1.54, 1.807) is 0 Å². The van der Waals surface area contributed by atoms with Crippen molar-refractivity contribution >= 4 is 5.91 Å². The summed E-state index contributed by atoms with van der Waals surface area (Å²) in [7, 11) is 0. The van der Waals surface area contributed by atoms with Crippen LogP contribution in [0.4, 0.5) is 0 Å². The molecule has 2 aliphatic rings. The topological polar surface area (TPSA) is 80.3 Å². The zero-order chi connectivity index (χ0) is 17.4. The molecule has 1 aromatic heterocycles. The van der Waals surface area contributed by atoms with Gasteiger partial charge in [0.15, 0.2) is 11.6 Å². The summed E-state index contributed by atoms with van der Waals surface area (Å²) in [6.07, 6.45) is -0.268. The van der Waals surface area contributed by atoms with Crippen molar-refractivity contribution in [3.05, 3.63) is 41.5 Å². The van der Waals surface area contributed by atoms with Crippen LogP contribution < -0.4 is 4.74 Å². The molecular formula is C18H22N4O3. The average Bonchev–Trinajstić information content (AvgIpc) is 3.28. The van der Waals surface area contributed by atoms with Gasteiger partial charge in [-0.2, -0.15) is 5.10 Å². The number of rotatable bonds is 3. The third-order valence-corrected chi connectivity index (χ3v) is 4.72. The van der Waals surface area contributed by atoms with E-state index in [1.807, 2.05) is 43.0 Å². The summed E-state index contributed by atoms with van der Waals surface area (Å²) in [4.78, 5) is 19.4. The number of H-pyrrole nitrogens is 1. The molecule has 0 bridgehead atoms. The van der Waals surface area contributed by atoms with Gasteiger partial charge in [-0.3, -0.25) is 9.89 Å². The van der Waals surface area contributed by atoms with Gasteiger partial charge in [0, 0.05) is 18.0 Å². The van der Waals surface area contributed by atoms with E-state index < -0.39 is 0 Å². The van der Waals surface area contributed by atoms with Gasteiger partial charge in [0.05, 0.1) is 13.2 Å². The fraction of sp³-hybridized carbons (Fsp3) is 0.500. The number of morpholine rings is 1. The van der Waals surface area contributed by atoms with Gasteiger partial charge in [-0.15, -0.1) is 0 Å². The van der Waals surface area contributed by atoms with Crippen molar-refractivity contribution in [2.75, 3.05) is 26.3 Å². The van der Waals surface area contributed by atoms with E-state index in [4.69, 9.17) is 9.47 Å². The van der Waals surface area contributed by atoms with E-state index in [1.165, 1.54) is 0 Å². The number of hydrogen-bond donors (Lipinski definition) is 1. The summed E-state index contributed by atoms with van der Waals surface area (Å²) in [6, 6.07) is 7.74. The Morgan fingerprint density at radius 3 is 3.00 bits per heavy atom. The molecule has 25 heavy (non-hydrogen) atoms. The fourth-order valence-corrected chi connectivity index (χ4v) is 3.29. The molecule has 1 N–H and O–H groups in total. The molecule has 1 aromatic carbocycles. The van der Waals surface area contributed by atoms with Crippen molar-refractivity contribution in [2.24, 2.45) is 0 Å². The van der Waals surface area contributed by atoms with Crippen LogP contribution in [0.3, 0.4) is 0 Å². The first kappa shape index (κ1) is 16.1. The first-order chi connectivity index (χ1) is 12.1. The van der Waals surface area contributed by atoms with Crippen molar-refractivity contribution in [2.45, 2.75) is 31.8 Å². The molecule has 7 nitrogen and oxygen atoms in total. The van der Waals surface area contributed by atoms with E-state index in [9.17, 15) is 4.79 Å². The Kier molecular flexibility index (Phi) is 4.17. The number of fused-ring (bicyclic) bond motifs is 1. The second-order valence-electron chi connectivity index (χ2n) is 6.78. The zero-order valence-electron chi connectivity index (χ0n) is 14.4. The Balaban J connectivity index is 1.48. The van der Waals surface area contributed by atoms with Crippen molar-refractivity contribution in [3.63, 3.8) is 0 Å². The number of carbonyl (C=O) groups excluding carboxylic acids is 1. The quantitative estimate of drug-likeness (QED) is 0.923. The Morgan fingerprint density at radius 1 is 1.36 bits per heavy atom. The maximum atomic E-state index is 13.0. The summed E-state index contributed by atoms with van der Waals surface area (Å²) >= 11 is 0. The van der Waals surface area contributed by atoms with Crippen molar-refractivity contribution < 1.29 is 14.3 Å². The summed E-state index contributed by atoms with van der Waals surface area (Å²) in [5.41, 5.74) is 0.970. The van der Waals surface area contributed by atoms with Crippen LogP contribution >= 0.6 is 0 Å². The SMILES string of the molecule is CC(C)c1n[nH]c(C2CN(C(=O)C3COc4ccccc43)CCO2)n1. The third kappa shape index (κ3) is 3.00. The van der Waals surface area contributed by atoms with Gasteiger partial charge in [0.1, 0.15) is 24.4 Å². The second-order valence-corrected chi connectivity index (χ2v) is 6.78. The van der Waals surface area contributed by atoms with Crippen molar-refractivity contribution in [1.82, 2.24) is 20.1 Å². The smallest absolute Gasteiger partial charge is 0.233 e. The van der Waals surface area contributed by atoms with Crippen LogP contribution in [0.2, 0.25) is 0 Å². The number of carbonyl (C=O) groups is 1. The maximum absolute atomic E-state index is 13.0. The minimum atomic E-state index is -0.268. The number of benzene rings is 1. The van der Waals surface area contributed by atoms with Crippen LogP contribution in [-0.4, -0.2) is 52.3 Å². The van der Waals surface area contributed by atoms with Gasteiger partial charge in [0.25, 0.3) is 0 Å². The van der Waals surface area contributed by atoms with E-state index in [2.05, 4.69) is 15.2 Å². The Hall–Kier alpha value is -2.41. The number of para-hydroxylation sites is 1. The molecule has 3 heterocycles. The average molecular weight is 342 g/mol. The summed E-state index contributed by atoms with van der Waals surface area (Å²) in [5.74, 6) is 2.35. The highest BCUT2D eigenvalue weighted by atomic mass is 16.5. The number of aromatic nitrogens is 3. The molecule has 0 radical (unpaired) electrons. The predicted molar refractivity (Wildman–Crippen MR) is 90.4 cm³/mol. The molecule has 7 heteroatoms. The van der Waals surface area contributed by atoms with E-state index in [-0.39, 0.29) is 23.8 Å². The van der Waals surface area contributed by atoms with Gasteiger partial charge >= 0.3 is 0 Å². The van der Waals surface area contributed by atoms with Gasteiger partial charge < -0.3 is 14.4 Å². The monoisotopic (exact) mass is 342 g/mol. The molecule has 132 valence electrons. The van der Waals surface area contributed by atoms with Crippen LogP contribution in [0.5, 0.6) is 5.75 Å². The molecule has 0 aliphatic carbocycles. The molecule has 4 rings (SSSR count). The molecule has 1 fully saturated rings. The van der Waals surface area contributed by atoms with Gasteiger partial charge in [-0.05, 0) is 6.07 Å². The highest BCUT2D eigenvalue weighted by Gasteiger charge is 2.36. The Labute approximate surface area is 146 Å². The lowest BCUT2D eigenvalue weighted by Gasteiger charge is -2.33. The molecule has 0 saturated carbocycles. The lowest BCUT2D eigenvalue weighted by Crippen LogP contribution is -2.45. The maximum Gasteiger partial charge on any atom is 0.233 e. The Morgan fingerprint density at radius 2 is 2.20 bits per heavy atom. The number of hydrogen-bond acceptors (Lipinski definition) is 5. The zero-order valence-corrected chi connectivity index (χ0v) is 14.4.